The Balaban J connectivity index is 2.00. The standard InChI is InChI=1S/C16H20O4/c1-19-11-5-6-14-12(9-11)13(15(17)18)10-16(20-14)7-3-2-4-8-16/h5-6,9,13H,2-4,7-8,10H2,1H3,(H,17,18). The van der Waals surface area contributed by atoms with E-state index in [9.17, 15) is 9.90 Å². The molecule has 1 N–H and O–H groups in total. The molecule has 0 saturated heterocycles. The van der Waals surface area contributed by atoms with Crippen LogP contribution < -0.4 is 9.47 Å². The van der Waals surface area contributed by atoms with Gasteiger partial charge in [0.2, 0.25) is 0 Å². The van der Waals surface area contributed by atoms with E-state index in [1.165, 1.54) is 6.42 Å². The number of rotatable bonds is 2. The van der Waals surface area contributed by atoms with Gasteiger partial charge in [-0.3, -0.25) is 4.79 Å². The van der Waals surface area contributed by atoms with E-state index < -0.39 is 11.9 Å². The zero-order valence-corrected chi connectivity index (χ0v) is 11.7. The lowest BCUT2D eigenvalue weighted by Gasteiger charge is -2.43. The smallest absolute Gasteiger partial charge is 0.311 e. The lowest BCUT2D eigenvalue weighted by atomic mass is 9.74. The van der Waals surface area contributed by atoms with Crippen LogP contribution in [-0.4, -0.2) is 23.8 Å². The molecule has 1 spiro atoms. The predicted octanol–water partition coefficient (Wildman–Crippen LogP) is 3.35. The summed E-state index contributed by atoms with van der Waals surface area (Å²) in [6.45, 7) is 0. The van der Waals surface area contributed by atoms with E-state index in [1.54, 1.807) is 13.2 Å². The molecule has 4 nitrogen and oxygen atoms in total. The van der Waals surface area contributed by atoms with Gasteiger partial charge < -0.3 is 14.6 Å². The van der Waals surface area contributed by atoms with Crippen molar-refractivity contribution in [3.63, 3.8) is 0 Å². The van der Waals surface area contributed by atoms with Crippen molar-refractivity contribution in [2.45, 2.75) is 50.0 Å². The first kappa shape index (κ1) is 13.3. The lowest BCUT2D eigenvalue weighted by molar-refractivity contribution is -0.141. The molecule has 0 bridgehead atoms. The summed E-state index contributed by atoms with van der Waals surface area (Å²) in [7, 11) is 1.59. The van der Waals surface area contributed by atoms with Crippen molar-refractivity contribution in [2.75, 3.05) is 7.11 Å². The molecule has 1 aromatic rings. The summed E-state index contributed by atoms with van der Waals surface area (Å²) in [6, 6.07) is 5.48. The Morgan fingerprint density at radius 3 is 2.75 bits per heavy atom. The second-order valence-corrected chi connectivity index (χ2v) is 5.84. The number of methoxy groups -OCH3 is 1. The minimum Gasteiger partial charge on any atom is -0.497 e. The SMILES string of the molecule is COc1ccc2c(c1)C(C(=O)O)CC1(CCCCC1)O2. The molecule has 1 aliphatic carbocycles. The van der Waals surface area contributed by atoms with Crippen LogP contribution in [0.15, 0.2) is 18.2 Å². The summed E-state index contributed by atoms with van der Waals surface area (Å²) in [5.74, 6) is 0.129. The maximum absolute atomic E-state index is 11.6. The van der Waals surface area contributed by atoms with Crippen LogP contribution in [0.25, 0.3) is 0 Å². The Kier molecular flexibility index (Phi) is 3.32. The van der Waals surface area contributed by atoms with Crippen LogP contribution in [0.4, 0.5) is 0 Å². The number of fused-ring (bicyclic) bond motifs is 1. The Hall–Kier alpha value is -1.71. The van der Waals surface area contributed by atoms with Gasteiger partial charge in [0, 0.05) is 12.0 Å². The van der Waals surface area contributed by atoms with Crippen molar-refractivity contribution in [2.24, 2.45) is 0 Å². The number of ether oxygens (including phenoxy) is 2. The molecule has 4 heteroatoms. The Bertz CT molecular complexity index is 517. The van der Waals surface area contributed by atoms with E-state index in [0.29, 0.717) is 17.9 Å². The Morgan fingerprint density at radius 1 is 1.35 bits per heavy atom. The summed E-state index contributed by atoms with van der Waals surface area (Å²) in [5, 5.41) is 9.57. The number of benzene rings is 1. The van der Waals surface area contributed by atoms with Gasteiger partial charge in [0.05, 0.1) is 13.0 Å². The second kappa shape index (κ2) is 5.00. The first-order valence-electron chi connectivity index (χ1n) is 7.23. The van der Waals surface area contributed by atoms with Gasteiger partial charge in [0.25, 0.3) is 0 Å². The molecule has 1 aliphatic heterocycles. The fraction of sp³-hybridized carbons (Fsp3) is 0.562. The van der Waals surface area contributed by atoms with Crippen molar-refractivity contribution in [3.8, 4) is 11.5 Å². The summed E-state index contributed by atoms with van der Waals surface area (Å²) in [4.78, 5) is 11.6. The van der Waals surface area contributed by atoms with Crippen LogP contribution in [0.1, 0.15) is 50.0 Å². The molecule has 0 aromatic heterocycles. The monoisotopic (exact) mass is 276 g/mol. The molecule has 108 valence electrons. The van der Waals surface area contributed by atoms with Gasteiger partial charge in [0.15, 0.2) is 0 Å². The van der Waals surface area contributed by atoms with E-state index in [4.69, 9.17) is 9.47 Å². The molecule has 1 unspecified atom stereocenters. The minimum absolute atomic E-state index is 0.275. The molecular formula is C16H20O4. The van der Waals surface area contributed by atoms with Crippen molar-refractivity contribution in [1.29, 1.82) is 0 Å². The number of carboxylic acids is 1. The molecule has 1 fully saturated rings. The lowest BCUT2D eigenvalue weighted by Crippen LogP contribution is -2.44. The summed E-state index contributed by atoms with van der Waals surface area (Å²) < 4.78 is 11.4. The minimum atomic E-state index is -0.771. The van der Waals surface area contributed by atoms with Gasteiger partial charge in [-0.05, 0) is 43.9 Å². The largest absolute Gasteiger partial charge is 0.497 e. The number of carboxylic acid groups (broad SMARTS) is 1. The second-order valence-electron chi connectivity index (χ2n) is 5.84. The molecule has 0 amide bonds. The summed E-state index contributed by atoms with van der Waals surface area (Å²) in [5.41, 5.74) is 0.469. The van der Waals surface area contributed by atoms with E-state index in [0.717, 1.165) is 31.2 Å². The molecule has 3 rings (SSSR count). The zero-order chi connectivity index (χ0) is 14.2. The number of hydrogen-bond acceptors (Lipinski definition) is 3. The third-order valence-electron chi connectivity index (χ3n) is 4.56. The van der Waals surface area contributed by atoms with Crippen LogP contribution in [-0.2, 0) is 4.79 Å². The third kappa shape index (κ3) is 2.23. The molecule has 1 heterocycles. The van der Waals surface area contributed by atoms with E-state index >= 15 is 0 Å². The third-order valence-corrected chi connectivity index (χ3v) is 4.56. The molecule has 0 radical (unpaired) electrons. The highest BCUT2D eigenvalue weighted by Crippen LogP contribution is 2.47. The van der Waals surface area contributed by atoms with E-state index in [1.807, 2.05) is 12.1 Å². The molecule has 1 atom stereocenters. The van der Waals surface area contributed by atoms with Crippen molar-refractivity contribution < 1.29 is 19.4 Å². The summed E-state index contributed by atoms with van der Waals surface area (Å²) >= 11 is 0. The van der Waals surface area contributed by atoms with Crippen LogP contribution >= 0.6 is 0 Å². The van der Waals surface area contributed by atoms with E-state index in [-0.39, 0.29) is 5.60 Å². The number of carbonyl (C=O) groups is 1. The summed E-state index contributed by atoms with van der Waals surface area (Å²) in [6.07, 6.45) is 5.96. The highest BCUT2D eigenvalue weighted by Gasteiger charge is 2.44. The fourth-order valence-corrected chi connectivity index (χ4v) is 3.50. The van der Waals surface area contributed by atoms with Gasteiger partial charge in [-0.2, -0.15) is 0 Å². The maximum atomic E-state index is 11.6. The van der Waals surface area contributed by atoms with Crippen molar-refractivity contribution in [3.05, 3.63) is 23.8 Å². The van der Waals surface area contributed by atoms with Gasteiger partial charge in [-0.1, -0.05) is 6.42 Å². The maximum Gasteiger partial charge on any atom is 0.311 e. The van der Waals surface area contributed by atoms with Crippen LogP contribution in [0.5, 0.6) is 11.5 Å². The van der Waals surface area contributed by atoms with Gasteiger partial charge in [0.1, 0.15) is 17.1 Å². The molecule has 1 aromatic carbocycles. The van der Waals surface area contributed by atoms with Crippen LogP contribution in [0.2, 0.25) is 0 Å². The fourth-order valence-electron chi connectivity index (χ4n) is 3.50. The first-order valence-corrected chi connectivity index (χ1v) is 7.23. The number of aliphatic carboxylic acids is 1. The normalized spacial score (nSPS) is 23.8. The zero-order valence-electron chi connectivity index (χ0n) is 11.7. The average Bonchev–Trinajstić information content (AvgIpc) is 2.46. The van der Waals surface area contributed by atoms with E-state index in [2.05, 4.69) is 0 Å². The topological polar surface area (TPSA) is 55.8 Å². The van der Waals surface area contributed by atoms with Gasteiger partial charge in [-0.25, -0.2) is 0 Å². The Morgan fingerprint density at radius 2 is 2.10 bits per heavy atom. The van der Waals surface area contributed by atoms with Gasteiger partial charge in [-0.15, -0.1) is 0 Å². The molecular weight excluding hydrogens is 256 g/mol. The molecule has 2 aliphatic rings. The van der Waals surface area contributed by atoms with Crippen LogP contribution in [0, 0.1) is 0 Å². The quantitative estimate of drug-likeness (QED) is 0.900. The van der Waals surface area contributed by atoms with Crippen LogP contribution in [0.3, 0.4) is 0 Å². The highest BCUT2D eigenvalue weighted by molar-refractivity contribution is 5.78. The Labute approximate surface area is 118 Å². The van der Waals surface area contributed by atoms with Gasteiger partial charge >= 0.3 is 5.97 Å². The first-order chi connectivity index (χ1) is 9.63. The molecule has 1 saturated carbocycles. The highest BCUT2D eigenvalue weighted by atomic mass is 16.5. The number of hydrogen-bond donors (Lipinski definition) is 1. The molecule has 20 heavy (non-hydrogen) atoms. The predicted molar refractivity (Wildman–Crippen MR) is 74.4 cm³/mol. The van der Waals surface area contributed by atoms with Crippen molar-refractivity contribution in [1.82, 2.24) is 0 Å². The average molecular weight is 276 g/mol. The van der Waals surface area contributed by atoms with Crippen molar-refractivity contribution >= 4 is 5.97 Å².